The van der Waals surface area contributed by atoms with Crippen LogP contribution >= 0.6 is 0 Å². The molecular weight excluding hydrogens is 394 g/mol. The highest BCUT2D eigenvalue weighted by atomic mass is 16.5. The van der Waals surface area contributed by atoms with E-state index in [2.05, 4.69) is 6.58 Å². The number of esters is 1. The molecule has 1 aromatic rings. The maximum Gasteiger partial charge on any atom is 0.333 e. The number of carbonyl (C=O) groups is 4. The molecule has 0 fully saturated rings. The quantitative estimate of drug-likeness (QED) is 0.279. The van der Waals surface area contributed by atoms with Gasteiger partial charge in [-0.15, -0.1) is 0 Å². The molecule has 0 saturated heterocycles. The van der Waals surface area contributed by atoms with Crippen molar-refractivity contribution in [2.24, 2.45) is 0 Å². The lowest BCUT2D eigenvalue weighted by atomic mass is 10.1. The molecule has 1 rings (SSSR count). The van der Waals surface area contributed by atoms with Crippen LogP contribution in [0.5, 0.6) is 0 Å². The smallest absolute Gasteiger partial charge is 0.333 e. The normalized spacial score (nSPS) is 12.5. The van der Waals surface area contributed by atoms with E-state index in [0.717, 1.165) is 0 Å². The van der Waals surface area contributed by atoms with Crippen molar-refractivity contribution in [1.29, 1.82) is 0 Å². The number of aliphatic carboxylic acids is 2. The SMILES string of the molecule is C=C(C)C(=O)OC(C)CCOC(C)C(=O)c1ccc(N(CC(=O)O)CC(=O)O)cc1. The third-order valence-corrected chi connectivity index (χ3v) is 4.09. The number of nitrogens with zero attached hydrogens (tertiary/aromatic N) is 1. The lowest BCUT2D eigenvalue weighted by Crippen LogP contribution is -2.34. The Hall–Kier alpha value is -3.20. The molecule has 0 aliphatic heterocycles. The van der Waals surface area contributed by atoms with Gasteiger partial charge in [-0.3, -0.25) is 14.4 Å². The molecule has 0 radical (unpaired) electrons. The summed E-state index contributed by atoms with van der Waals surface area (Å²) in [6, 6.07) is 5.97. The first-order valence-corrected chi connectivity index (χ1v) is 9.32. The van der Waals surface area contributed by atoms with Crippen molar-refractivity contribution in [1.82, 2.24) is 0 Å². The van der Waals surface area contributed by atoms with E-state index in [0.29, 0.717) is 23.2 Å². The Morgan fingerprint density at radius 3 is 2.03 bits per heavy atom. The van der Waals surface area contributed by atoms with Crippen LogP contribution in [0.2, 0.25) is 0 Å². The van der Waals surface area contributed by atoms with Crippen LogP contribution in [0.1, 0.15) is 37.6 Å². The number of hydrogen-bond donors (Lipinski definition) is 2. The minimum atomic E-state index is -1.17. The predicted molar refractivity (Wildman–Crippen MR) is 109 cm³/mol. The van der Waals surface area contributed by atoms with Gasteiger partial charge in [0, 0.05) is 23.2 Å². The first-order chi connectivity index (χ1) is 14.0. The molecule has 2 atom stereocenters. The van der Waals surface area contributed by atoms with Crippen LogP contribution in [0.3, 0.4) is 0 Å². The highest BCUT2D eigenvalue weighted by Gasteiger charge is 2.19. The number of rotatable bonds is 13. The summed E-state index contributed by atoms with van der Waals surface area (Å²) in [6.07, 6.45) is -0.714. The second-order valence-electron chi connectivity index (χ2n) is 6.85. The molecule has 0 aliphatic rings. The van der Waals surface area contributed by atoms with Gasteiger partial charge in [0.2, 0.25) is 0 Å². The molecule has 0 saturated carbocycles. The summed E-state index contributed by atoms with van der Waals surface area (Å²) in [5.41, 5.74) is 1.02. The lowest BCUT2D eigenvalue weighted by Gasteiger charge is -2.21. The van der Waals surface area contributed by atoms with E-state index >= 15 is 0 Å². The summed E-state index contributed by atoms with van der Waals surface area (Å²) in [7, 11) is 0. The Labute approximate surface area is 174 Å². The van der Waals surface area contributed by atoms with Crippen molar-refractivity contribution >= 4 is 29.4 Å². The zero-order valence-corrected chi connectivity index (χ0v) is 17.3. The zero-order chi connectivity index (χ0) is 22.8. The molecule has 0 heterocycles. The fourth-order valence-electron chi connectivity index (χ4n) is 2.46. The standard InChI is InChI=1S/C21H27NO8/c1-13(2)21(28)30-14(3)9-10-29-15(4)20(27)16-5-7-17(8-6-16)22(11-18(23)24)12-19(25)26/h5-8,14-15H,1,9-12H2,2-4H3,(H,23,24)(H,25,26). The van der Waals surface area contributed by atoms with E-state index in [1.807, 2.05) is 0 Å². The van der Waals surface area contributed by atoms with Gasteiger partial charge >= 0.3 is 17.9 Å². The monoisotopic (exact) mass is 421 g/mol. The van der Waals surface area contributed by atoms with Gasteiger partial charge < -0.3 is 24.6 Å². The molecule has 1 aromatic carbocycles. The number of carboxylic acids is 2. The molecule has 0 aliphatic carbocycles. The second-order valence-corrected chi connectivity index (χ2v) is 6.85. The minimum Gasteiger partial charge on any atom is -0.480 e. The lowest BCUT2D eigenvalue weighted by molar-refractivity contribution is -0.144. The predicted octanol–water partition coefficient (Wildman–Crippen LogP) is 2.15. The van der Waals surface area contributed by atoms with Crippen LogP contribution in [0.25, 0.3) is 0 Å². The number of ketones is 1. The topological polar surface area (TPSA) is 130 Å². The van der Waals surface area contributed by atoms with Crippen LogP contribution < -0.4 is 4.90 Å². The van der Waals surface area contributed by atoms with Crippen LogP contribution in [-0.4, -0.2) is 65.8 Å². The van der Waals surface area contributed by atoms with Crippen molar-refractivity contribution in [3.05, 3.63) is 42.0 Å². The van der Waals surface area contributed by atoms with Gasteiger partial charge in [0.25, 0.3) is 0 Å². The second kappa shape index (κ2) is 11.7. The molecule has 30 heavy (non-hydrogen) atoms. The van der Waals surface area contributed by atoms with Gasteiger partial charge in [-0.2, -0.15) is 0 Å². The molecule has 2 unspecified atom stereocenters. The molecule has 0 aromatic heterocycles. The number of carboxylic acid groups (broad SMARTS) is 2. The van der Waals surface area contributed by atoms with Crippen molar-refractivity contribution in [3.8, 4) is 0 Å². The number of anilines is 1. The average Bonchev–Trinajstić information content (AvgIpc) is 2.66. The van der Waals surface area contributed by atoms with Gasteiger partial charge in [0.15, 0.2) is 5.78 Å². The van der Waals surface area contributed by atoms with E-state index in [9.17, 15) is 19.2 Å². The molecule has 0 bridgehead atoms. The fraction of sp³-hybridized carbons (Fsp3) is 0.429. The summed E-state index contributed by atoms with van der Waals surface area (Å²) < 4.78 is 10.7. The summed E-state index contributed by atoms with van der Waals surface area (Å²) in [6.45, 7) is 7.63. The van der Waals surface area contributed by atoms with Crippen molar-refractivity contribution < 1.29 is 38.9 Å². The van der Waals surface area contributed by atoms with Gasteiger partial charge in [-0.25, -0.2) is 4.79 Å². The van der Waals surface area contributed by atoms with Crippen molar-refractivity contribution in [2.75, 3.05) is 24.6 Å². The van der Waals surface area contributed by atoms with E-state index in [1.54, 1.807) is 20.8 Å². The number of benzene rings is 1. The first kappa shape index (κ1) is 24.8. The number of hydrogen-bond acceptors (Lipinski definition) is 7. The zero-order valence-electron chi connectivity index (χ0n) is 17.3. The fourth-order valence-corrected chi connectivity index (χ4v) is 2.46. The Kier molecular flexibility index (Phi) is 9.70. The number of Topliss-reactive ketones (excluding diaryl/α,β-unsaturated/α-hetero) is 1. The van der Waals surface area contributed by atoms with Crippen LogP contribution in [0, 0.1) is 0 Å². The Balaban J connectivity index is 2.64. The maximum absolute atomic E-state index is 12.5. The van der Waals surface area contributed by atoms with Gasteiger partial charge in [-0.05, 0) is 45.0 Å². The van der Waals surface area contributed by atoms with E-state index < -0.39 is 37.1 Å². The van der Waals surface area contributed by atoms with Crippen molar-refractivity contribution in [2.45, 2.75) is 39.4 Å². The van der Waals surface area contributed by atoms with E-state index in [-0.39, 0.29) is 18.5 Å². The number of carbonyl (C=O) groups excluding carboxylic acids is 2. The molecular formula is C21H27NO8. The summed E-state index contributed by atoms with van der Waals surface area (Å²) in [4.78, 5) is 47.0. The van der Waals surface area contributed by atoms with Crippen LogP contribution in [0.4, 0.5) is 5.69 Å². The van der Waals surface area contributed by atoms with Crippen molar-refractivity contribution in [3.63, 3.8) is 0 Å². The average molecular weight is 421 g/mol. The molecule has 164 valence electrons. The maximum atomic E-state index is 12.5. The third kappa shape index (κ3) is 8.44. The largest absolute Gasteiger partial charge is 0.480 e. The highest BCUT2D eigenvalue weighted by Crippen LogP contribution is 2.17. The van der Waals surface area contributed by atoms with E-state index in [1.165, 1.54) is 29.2 Å². The Morgan fingerprint density at radius 2 is 1.57 bits per heavy atom. The van der Waals surface area contributed by atoms with Crippen LogP contribution in [-0.2, 0) is 23.9 Å². The summed E-state index contributed by atoms with van der Waals surface area (Å²) >= 11 is 0. The molecule has 2 N–H and O–H groups in total. The molecule has 0 spiro atoms. The Bertz CT molecular complexity index is 771. The molecule has 0 amide bonds. The molecule has 9 heteroatoms. The first-order valence-electron chi connectivity index (χ1n) is 9.32. The van der Waals surface area contributed by atoms with Crippen LogP contribution in [0.15, 0.2) is 36.4 Å². The third-order valence-electron chi connectivity index (χ3n) is 4.09. The Morgan fingerprint density at radius 1 is 1.03 bits per heavy atom. The van der Waals surface area contributed by atoms with E-state index in [4.69, 9.17) is 19.7 Å². The van der Waals surface area contributed by atoms with Gasteiger partial charge in [-0.1, -0.05) is 6.58 Å². The summed E-state index contributed by atoms with van der Waals surface area (Å²) in [5, 5.41) is 17.9. The summed E-state index contributed by atoms with van der Waals surface area (Å²) in [5.74, 6) is -3.09. The number of ether oxygens (including phenoxy) is 2. The minimum absolute atomic E-state index is 0.209. The van der Waals surface area contributed by atoms with Gasteiger partial charge in [0.05, 0.1) is 6.61 Å². The van der Waals surface area contributed by atoms with Gasteiger partial charge in [0.1, 0.15) is 25.3 Å². The molecule has 9 nitrogen and oxygen atoms in total. The highest BCUT2D eigenvalue weighted by molar-refractivity contribution is 5.99.